The number of aromatic nitrogens is 2. The molecule has 0 saturated carbocycles. The average molecular weight is 202 g/mol. The molecule has 13 heavy (non-hydrogen) atoms. The van der Waals surface area contributed by atoms with E-state index < -0.39 is 0 Å². The Morgan fingerprint density at radius 3 is 3.00 bits per heavy atom. The predicted octanol–water partition coefficient (Wildman–Crippen LogP) is 0.784. The van der Waals surface area contributed by atoms with Crippen molar-refractivity contribution in [3.63, 3.8) is 0 Å². The number of nitrogens with zero attached hydrogens (tertiary/aromatic N) is 2. The number of aryl methyl sites for hydroxylation is 1. The summed E-state index contributed by atoms with van der Waals surface area (Å²) in [6, 6.07) is 0. The normalized spacial score (nSPS) is 10.0. The highest BCUT2D eigenvalue weighted by Crippen LogP contribution is 2.00. The predicted molar refractivity (Wildman–Crippen MR) is 47.2 cm³/mol. The molecule has 1 heterocycles. The SMILES string of the molecule is CSCC(=O)OCc1nc(C)no1. The van der Waals surface area contributed by atoms with Gasteiger partial charge >= 0.3 is 5.97 Å². The van der Waals surface area contributed by atoms with Crippen LogP contribution in [0.2, 0.25) is 0 Å². The molecular formula is C7H10N2O3S. The molecule has 0 aliphatic rings. The van der Waals surface area contributed by atoms with Gasteiger partial charge in [-0.15, -0.1) is 0 Å². The average Bonchev–Trinajstić information content (AvgIpc) is 2.49. The van der Waals surface area contributed by atoms with Crippen LogP contribution in [0.3, 0.4) is 0 Å². The fourth-order valence-electron chi connectivity index (χ4n) is 0.700. The lowest BCUT2D eigenvalue weighted by Crippen LogP contribution is -2.06. The summed E-state index contributed by atoms with van der Waals surface area (Å²) >= 11 is 1.41. The Kier molecular flexibility index (Phi) is 3.75. The molecule has 1 aromatic rings. The highest BCUT2D eigenvalue weighted by Gasteiger charge is 2.06. The zero-order valence-electron chi connectivity index (χ0n) is 7.44. The molecule has 0 aromatic carbocycles. The number of esters is 1. The molecular weight excluding hydrogens is 192 g/mol. The first-order chi connectivity index (χ1) is 6.22. The monoisotopic (exact) mass is 202 g/mol. The summed E-state index contributed by atoms with van der Waals surface area (Å²) < 4.78 is 9.57. The van der Waals surface area contributed by atoms with Crippen LogP contribution < -0.4 is 0 Å². The van der Waals surface area contributed by atoms with Crippen LogP contribution >= 0.6 is 11.8 Å². The van der Waals surface area contributed by atoms with E-state index in [0.29, 0.717) is 17.5 Å². The van der Waals surface area contributed by atoms with Crippen molar-refractivity contribution >= 4 is 17.7 Å². The molecule has 0 amide bonds. The molecule has 72 valence electrons. The van der Waals surface area contributed by atoms with Crippen LogP contribution in [0.4, 0.5) is 0 Å². The number of hydrogen-bond acceptors (Lipinski definition) is 6. The molecule has 1 rings (SSSR count). The maximum Gasteiger partial charge on any atom is 0.316 e. The molecule has 6 heteroatoms. The van der Waals surface area contributed by atoms with E-state index in [0.717, 1.165) is 0 Å². The third-order valence-electron chi connectivity index (χ3n) is 1.19. The molecule has 0 bridgehead atoms. The van der Waals surface area contributed by atoms with Crippen LogP contribution in [0, 0.1) is 6.92 Å². The van der Waals surface area contributed by atoms with Crippen molar-refractivity contribution in [2.24, 2.45) is 0 Å². The van der Waals surface area contributed by atoms with E-state index >= 15 is 0 Å². The largest absolute Gasteiger partial charge is 0.455 e. The molecule has 0 radical (unpaired) electrons. The molecule has 0 fully saturated rings. The third kappa shape index (κ3) is 3.45. The van der Waals surface area contributed by atoms with E-state index in [9.17, 15) is 4.79 Å². The Labute approximate surface area is 79.8 Å². The summed E-state index contributed by atoms with van der Waals surface area (Å²) in [5, 5.41) is 3.56. The minimum Gasteiger partial charge on any atom is -0.455 e. The van der Waals surface area contributed by atoms with E-state index in [2.05, 4.69) is 10.1 Å². The van der Waals surface area contributed by atoms with Crippen molar-refractivity contribution < 1.29 is 14.1 Å². The highest BCUT2D eigenvalue weighted by molar-refractivity contribution is 7.99. The van der Waals surface area contributed by atoms with E-state index in [1.807, 2.05) is 6.26 Å². The topological polar surface area (TPSA) is 65.2 Å². The summed E-state index contributed by atoms with van der Waals surface area (Å²) in [6.45, 7) is 1.76. The van der Waals surface area contributed by atoms with Crippen molar-refractivity contribution in [2.75, 3.05) is 12.0 Å². The van der Waals surface area contributed by atoms with Gasteiger partial charge in [0.1, 0.15) is 0 Å². The van der Waals surface area contributed by atoms with Crippen LogP contribution in [0.1, 0.15) is 11.7 Å². The summed E-state index contributed by atoms with van der Waals surface area (Å²) in [5.41, 5.74) is 0. The summed E-state index contributed by atoms with van der Waals surface area (Å²) in [5.74, 6) is 0.929. The smallest absolute Gasteiger partial charge is 0.316 e. The van der Waals surface area contributed by atoms with Gasteiger partial charge < -0.3 is 9.26 Å². The van der Waals surface area contributed by atoms with Gasteiger partial charge in [0.25, 0.3) is 5.89 Å². The molecule has 0 saturated heterocycles. The second kappa shape index (κ2) is 4.86. The van der Waals surface area contributed by atoms with Crippen molar-refractivity contribution in [1.29, 1.82) is 0 Å². The quantitative estimate of drug-likeness (QED) is 0.672. The van der Waals surface area contributed by atoms with Crippen LogP contribution in [-0.4, -0.2) is 28.1 Å². The standard InChI is InChI=1S/C7H10N2O3S/c1-5-8-6(12-9-5)3-11-7(10)4-13-2/h3-4H2,1-2H3. The molecule has 0 N–H and O–H groups in total. The first kappa shape index (κ1) is 10.0. The van der Waals surface area contributed by atoms with E-state index in [1.54, 1.807) is 6.92 Å². The minimum absolute atomic E-state index is 0.0558. The van der Waals surface area contributed by atoms with Gasteiger partial charge in [-0.05, 0) is 13.2 Å². The first-order valence-electron chi connectivity index (χ1n) is 3.66. The van der Waals surface area contributed by atoms with Crippen LogP contribution in [0.5, 0.6) is 0 Å². The number of carbonyl (C=O) groups is 1. The van der Waals surface area contributed by atoms with Crippen molar-refractivity contribution in [3.05, 3.63) is 11.7 Å². The van der Waals surface area contributed by atoms with Gasteiger partial charge in [0.2, 0.25) is 0 Å². The zero-order valence-corrected chi connectivity index (χ0v) is 8.26. The van der Waals surface area contributed by atoms with Gasteiger partial charge in [-0.3, -0.25) is 4.79 Å². The van der Waals surface area contributed by atoms with Crippen molar-refractivity contribution in [1.82, 2.24) is 10.1 Å². The van der Waals surface area contributed by atoms with E-state index in [-0.39, 0.29) is 12.6 Å². The molecule has 0 aliphatic heterocycles. The zero-order chi connectivity index (χ0) is 9.68. The maximum atomic E-state index is 10.9. The minimum atomic E-state index is -0.275. The van der Waals surface area contributed by atoms with Crippen molar-refractivity contribution in [2.45, 2.75) is 13.5 Å². The Balaban J connectivity index is 2.30. The van der Waals surface area contributed by atoms with Crippen LogP contribution in [-0.2, 0) is 16.1 Å². The van der Waals surface area contributed by atoms with Crippen molar-refractivity contribution in [3.8, 4) is 0 Å². The third-order valence-corrected chi connectivity index (χ3v) is 1.71. The summed E-state index contributed by atoms with van der Waals surface area (Å²) in [4.78, 5) is 14.8. The fourth-order valence-corrected chi connectivity index (χ4v) is 1.02. The lowest BCUT2D eigenvalue weighted by Gasteiger charge is -1.98. The van der Waals surface area contributed by atoms with Gasteiger partial charge in [0.05, 0.1) is 5.75 Å². The van der Waals surface area contributed by atoms with Gasteiger partial charge in [0.15, 0.2) is 12.4 Å². The highest BCUT2D eigenvalue weighted by atomic mass is 32.2. The number of thioether (sulfide) groups is 1. The molecule has 5 nitrogen and oxygen atoms in total. The summed E-state index contributed by atoms with van der Waals surface area (Å²) in [6.07, 6.45) is 1.83. The molecule has 0 aliphatic carbocycles. The summed E-state index contributed by atoms with van der Waals surface area (Å²) in [7, 11) is 0. The Morgan fingerprint density at radius 2 is 2.46 bits per heavy atom. The van der Waals surface area contributed by atoms with Gasteiger partial charge in [0, 0.05) is 0 Å². The first-order valence-corrected chi connectivity index (χ1v) is 5.05. The van der Waals surface area contributed by atoms with Gasteiger partial charge in [-0.25, -0.2) is 0 Å². The number of carbonyl (C=O) groups excluding carboxylic acids is 1. The lowest BCUT2D eigenvalue weighted by atomic mass is 10.6. The number of rotatable bonds is 4. The molecule has 0 unspecified atom stereocenters. The Hall–Kier alpha value is -1.04. The molecule has 0 spiro atoms. The van der Waals surface area contributed by atoms with E-state index in [1.165, 1.54) is 11.8 Å². The maximum absolute atomic E-state index is 10.9. The van der Waals surface area contributed by atoms with E-state index in [4.69, 9.17) is 9.26 Å². The Morgan fingerprint density at radius 1 is 1.69 bits per heavy atom. The second-order valence-corrected chi connectivity index (χ2v) is 3.20. The number of ether oxygens (including phenoxy) is 1. The Bertz CT molecular complexity index is 287. The van der Waals surface area contributed by atoms with Gasteiger partial charge in [-0.1, -0.05) is 5.16 Å². The second-order valence-electron chi connectivity index (χ2n) is 2.33. The molecule has 0 atom stereocenters. The molecule has 1 aromatic heterocycles. The van der Waals surface area contributed by atoms with Crippen LogP contribution in [0.15, 0.2) is 4.52 Å². The number of hydrogen-bond donors (Lipinski definition) is 0. The fraction of sp³-hybridized carbons (Fsp3) is 0.571. The van der Waals surface area contributed by atoms with Crippen LogP contribution in [0.25, 0.3) is 0 Å². The van der Waals surface area contributed by atoms with Gasteiger partial charge in [-0.2, -0.15) is 16.7 Å². The lowest BCUT2D eigenvalue weighted by molar-refractivity contribution is -0.142.